The highest BCUT2D eigenvalue weighted by Crippen LogP contribution is 2.26. The van der Waals surface area contributed by atoms with Gasteiger partial charge in [0.1, 0.15) is 6.26 Å². The van der Waals surface area contributed by atoms with E-state index in [4.69, 9.17) is 4.42 Å². The molecule has 1 aromatic heterocycles. The zero-order valence-electron chi connectivity index (χ0n) is 14.9. The molecule has 1 aliphatic heterocycles. The quantitative estimate of drug-likeness (QED) is 0.752. The molecule has 1 amide bonds. The smallest absolute Gasteiger partial charge is 0.273 e. The Balaban J connectivity index is 1.50. The molecule has 1 atom stereocenters. The topological polar surface area (TPSA) is 67.2 Å². The van der Waals surface area contributed by atoms with Gasteiger partial charge in [-0.2, -0.15) is 0 Å². The highest BCUT2D eigenvalue weighted by atomic mass is 16.3. The second kappa shape index (κ2) is 7.30. The Bertz CT molecular complexity index is 907. The third-order valence-electron chi connectivity index (χ3n) is 5.08. The lowest BCUT2D eigenvalue weighted by Gasteiger charge is -2.19. The summed E-state index contributed by atoms with van der Waals surface area (Å²) < 4.78 is 5.58. The number of oxazole rings is 1. The van der Waals surface area contributed by atoms with Gasteiger partial charge in [0.2, 0.25) is 0 Å². The van der Waals surface area contributed by atoms with Crippen molar-refractivity contribution in [1.29, 1.82) is 0 Å². The van der Waals surface area contributed by atoms with Crippen molar-refractivity contribution in [3.63, 3.8) is 0 Å². The number of hydrogen-bond donors (Lipinski definition) is 2. The van der Waals surface area contributed by atoms with Crippen molar-refractivity contribution in [1.82, 2.24) is 15.6 Å². The Hall–Kier alpha value is -2.66. The van der Waals surface area contributed by atoms with Crippen molar-refractivity contribution in [3.05, 3.63) is 65.9 Å². The van der Waals surface area contributed by atoms with E-state index in [1.165, 1.54) is 11.6 Å². The Morgan fingerprint density at radius 1 is 1.19 bits per heavy atom. The van der Waals surface area contributed by atoms with Crippen LogP contribution in [0.15, 0.2) is 53.1 Å². The molecule has 2 aromatic carbocycles. The van der Waals surface area contributed by atoms with E-state index in [1.54, 1.807) is 0 Å². The van der Waals surface area contributed by atoms with Crippen molar-refractivity contribution in [2.75, 3.05) is 13.1 Å². The van der Waals surface area contributed by atoms with Crippen LogP contribution in [0, 0.1) is 0 Å². The summed E-state index contributed by atoms with van der Waals surface area (Å²) in [5.74, 6) is 0.775. The van der Waals surface area contributed by atoms with E-state index in [2.05, 4.69) is 39.9 Å². The van der Waals surface area contributed by atoms with E-state index >= 15 is 0 Å². The standard InChI is InChI=1S/C21H23N3O2/c1-14(17-8-4-6-15-5-2-3-7-18(15)17)23-20(25)19-13-26-21(24-19)16-9-11-22-12-10-16/h2-8,13-14,16,22H,9-12H2,1H3,(H,23,25). The first-order valence-electron chi connectivity index (χ1n) is 9.17. The Labute approximate surface area is 152 Å². The van der Waals surface area contributed by atoms with Crippen molar-refractivity contribution >= 4 is 16.7 Å². The van der Waals surface area contributed by atoms with Gasteiger partial charge < -0.3 is 15.1 Å². The van der Waals surface area contributed by atoms with Gasteiger partial charge in [0.05, 0.1) is 6.04 Å². The average molecular weight is 349 g/mol. The zero-order valence-corrected chi connectivity index (χ0v) is 14.9. The van der Waals surface area contributed by atoms with Crippen molar-refractivity contribution < 1.29 is 9.21 Å². The van der Waals surface area contributed by atoms with E-state index in [9.17, 15) is 4.79 Å². The van der Waals surface area contributed by atoms with Crippen molar-refractivity contribution in [2.45, 2.75) is 31.7 Å². The number of benzene rings is 2. The van der Waals surface area contributed by atoms with Gasteiger partial charge in [0.25, 0.3) is 5.91 Å². The summed E-state index contributed by atoms with van der Waals surface area (Å²) in [6, 6.07) is 14.2. The molecular weight excluding hydrogens is 326 g/mol. The molecule has 3 aromatic rings. The summed E-state index contributed by atoms with van der Waals surface area (Å²) in [6.45, 7) is 3.92. The van der Waals surface area contributed by atoms with Crippen LogP contribution >= 0.6 is 0 Å². The molecule has 0 aliphatic carbocycles. The molecule has 26 heavy (non-hydrogen) atoms. The molecule has 134 valence electrons. The fourth-order valence-corrected chi connectivity index (χ4v) is 3.62. The number of aromatic nitrogens is 1. The lowest BCUT2D eigenvalue weighted by Crippen LogP contribution is -2.28. The summed E-state index contributed by atoms with van der Waals surface area (Å²) in [7, 11) is 0. The number of carbonyl (C=O) groups excluding carboxylic acids is 1. The van der Waals surface area contributed by atoms with Crippen LogP contribution in [-0.4, -0.2) is 24.0 Å². The van der Waals surface area contributed by atoms with Crippen LogP contribution in [0.5, 0.6) is 0 Å². The molecular formula is C21H23N3O2. The minimum atomic E-state index is -0.200. The second-order valence-corrected chi connectivity index (χ2v) is 6.86. The summed E-state index contributed by atoms with van der Waals surface area (Å²) in [6.07, 6.45) is 3.46. The molecule has 0 saturated carbocycles. The van der Waals surface area contributed by atoms with Crippen LogP contribution in [0.1, 0.15) is 53.7 Å². The number of carbonyl (C=O) groups is 1. The predicted molar refractivity (Wildman–Crippen MR) is 101 cm³/mol. The fraction of sp³-hybridized carbons (Fsp3) is 0.333. The van der Waals surface area contributed by atoms with Crippen molar-refractivity contribution in [2.24, 2.45) is 0 Å². The maximum absolute atomic E-state index is 12.6. The van der Waals surface area contributed by atoms with E-state index < -0.39 is 0 Å². The molecule has 2 heterocycles. The Morgan fingerprint density at radius 3 is 2.81 bits per heavy atom. The first-order chi connectivity index (χ1) is 12.7. The van der Waals surface area contributed by atoms with Gasteiger partial charge in [-0.05, 0) is 49.2 Å². The van der Waals surface area contributed by atoms with Gasteiger partial charge in [-0.15, -0.1) is 0 Å². The molecule has 0 bridgehead atoms. The largest absolute Gasteiger partial charge is 0.448 e. The monoisotopic (exact) mass is 349 g/mol. The Kier molecular flexibility index (Phi) is 4.71. The number of piperidine rings is 1. The maximum atomic E-state index is 12.6. The van der Waals surface area contributed by atoms with Gasteiger partial charge >= 0.3 is 0 Å². The number of fused-ring (bicyclic) bond motifs is 1. The normalized spacial score (nSPS) is 16.5. The van der Waals surface area contributed by atoms with E-state index in [0.717, 1.165) is 36.9 Å². The van der Waals surface area contributed by atoms with Crippen LogP contribution in [0.4, 0.5) is 0 Å². The summed E-state index contributed by atoms with van der Waals surface area (Å²) >= 11 is 0. The summed E-state index contributed by atoms with van der Waals surface area (Å²) in [5.41, 5.74) is 1.45. The van der Waals surface area contributed by atoms with Crippen LogP contribution in [0.25, 0.3) is 10.8 Å². The SMILES string of the molecule is CC(NC(=O)c1coc(C2CCNCC2)n1)c1cccc2ccccc12. The first-order valence-corrected chi connectivity index (χ1v) is 9.17. The molecule has 4 rings (SSSR count). The number of nitrogens with one attached hydrogen (secondary N) is 2. The fourth-order valence-electron chi connectivity index (χ4n) is 3.62. The van der Waals surface area contributed by atoms with Crippen LogP contribution < -0.4 is 10.6 Å². The third kappa shape index (κ3) is 3.35. The number of nitrogens with zero attached hydrogens (tertiary/aromatic N) is 1. The summed E-state index contributed by atoms with van der Waals surface area (Å²) in [4.78, 5) is 17.1. The predicted octanol–water partition coefficient (Wildman–Crippen LogP) is 3.79. The Morgan fingerprint density at radius 2 is 1.96 bits per heavy atom. The lowest BCUT2D eigenvalue weighted by atomic mass is 9.98. The molecule has 1 fully saturated rings. The molecule has 2 N–H and O–H groups in total. The van der Waals surface area contributed by atoms with Crippen LogP contribution in [-0.2, 0) is 0 Å². The first kappa shape index (κ1) is 16.8. The molecule has 0 radical (unpaired) electrons. The zero-order chi connectivity index (χ0) is 17.9. The number of amides is 1. The molecule has 1 unspecified atom stereocenters. The maximum Gasteiger partial charge on any atom is 0.273 e. The van der Waals surface area contributed by atoms with Gasteiger partial charge in [-0.1, -0.05) is 42.5 Å². The molecule has 1 aliphatic rings. The van der Waals surface area contributed by atoms with Crippen LogP contribution in [0.2, 0.25) is 0 Å². The third-order valence-corrected chi connectivity index (χ3v) is 5.08. The van der Waals surface area contributed by atoms with Gasteiger partial charge in [-0.25, -0.2) is 4.98 Å². The summed E-state index contributed by atoms with van der Waals surface area (Å²) in [5, 5.41) is 8.69. The van der Waals surface area contributed by atoms with E-state index in [0.29, 0.717) is 17.5 Å². The van der Waals surface area contributed by atoms with Crippen molar-refractivity contribution in [3.8, 4) is 0 Å². The highest BCUT2D eigenvalue weighted by Gasteiger charge is 2.23. The van der Waals surface area contributed by atoms with Gasteiger partial charge in [0, 0.05) is 5.92 Å². The minimum absolute atomic E-state index is 0.118. The van der Waals surface area contributed by atoms with Crippen LogP contribution in [0.3, 0.4) is 0 Å². The van der Waals surface area contributed by atoms with E-state index in [-0.39, 0.29) is 11.9 Å². The minimum Gasteiger partial charge on any atom is -0.448 e. The lowest BCUT2D eigenvalue weighted by molar-refractivity contribution is 0.0935. The van der Waals surface area contributed by atoms with E-state index in [1.807, 2.05) is 25.1 Å². The second-order valence-electron chi connectivity index (χ2n) is 6.86. The van der Waals surface area contributed by atoms with Gasteiger partial charge in [-0.3, -0.25) is 4.79 Å². The molecule has 5 heteroatoms. The number of rotatable bonds is 4. The molecule has 0 spiro atoms. The molecule has 1 saturated heterocycles. The molecule has 5 nitrogen and oxygen atoms in total. The highest BCUT2D eigenvalue weighted by molar-refractivity contribution is 5.93. The number of hydrogen-bond acceptors (Lipinski definition) is 4. The average Bonchev–Trinajstić information content (AvgIpc) is 3.18. The van der Waals surface area contributed by atoms with Gasteiger partial charge in [0.15, 0.2) is 11.6 Å².